The van der Waals surface area contributed by atoms with Crippen LogP contribution in [0.25, 0.3) is 0 Å². The molecule has 0 aliphatic rings. The molecule has 0 aromatic carbocycles. The SMILES string of the molecule is CCCCC#CC[Si]Cl. The second-order valence-corrected chi connectivity index (χ2v) is 3.19. The average Bonchev–Trinajstić information content (AvgIpc) is 1.89. The highest BCUT2D eigenvalue weighted by molar-refractivity contribution is 6.94. The quantitative estimate of drug-likeness (QED) is 0.256. The molecule has 0 unspecified atom stereocenters. The molecule has 0 N–H and O–H groups in total. The molecular formula is C7H11ClSi. The van der Waals surface area contributed by atoms with Crippen molar-refractivity contribution in [2.75, 3.05) is 0 Å². The van der Waals surface area contributed by atoms with Crippen LogP contribution in [0.15, 0.2) is 0 Å². The fourth-order valence-electron chi connectivity index (χ4n) is 0.449. The zero-order chi connectivity index (χ0) is 6.95. The summed E-state index contributed by atoms with van der Waals surface area (Å²) >= 11 is 5.44. The Hall–Kier alpha value is 0.0669. The van der Waals surface area contributed by atoms with Crippen molar-refractivity contribution in [1.29, 1.82) is 0 Å². The molecule has 0 bridgehead atoms. The molecule has 9 heavy (non-hydrogen) atoms. The Bertz CT molecular complexity index is 101. The first-order chi connectivity index (χ1) is 4.41. The third-order valence-electron chi connectivity index (χ3n) is 0.936. The molecule has 0 aromatic rings. The standard InChI is InChI=1S/C7H11ClSi/c1-2-3-4-5-6-7-9-8/h2-4,7H2,1H3. The molecule has 0 aromatic heterocycles. The highest BCUT2D eigenvalue weighted by atomic mass is 35.6. The molecule has 2 heteroatoms. The molecule has 0 spiro atoms. The highest BCUT2D eigenvalue weighted by Gasteiger charge is 1.76. The van der Waals surface area contributed by atoms with Crippen molar-refractivity contribution >= 4 is 19.9 Å². The van der Waals surface area contributed by atoms with Gasteiger partial charge in [0.25, 0.3) is 0 Å². The number of hydrogen-bond acceptors (Lipinski definition) is 0. The second-order valence-electron chi connectivity index (χ2n) is 1.77. The maximum Gasteiger partial charge on any atom is 0.184 e. The van der Waals surface area contributed by atoms with Gasteiger partial charge in [-0.2, -0.15) is 11.1 Å². The summed E-state index contributed by atoms with van der Waals surface area (Å²) < 4.78 is 0. The van der Waals surface area contributed by atoms with E-state index in [1.54, 1.807) is 0 Å². The predicted octanol–water partition coefficient (Wildman–Crippen LogP) is 2.46. The van der Waals surface area contributed by atoms with Crippen LogP contribution < -0.4 is 0 Å². The fourth-order valence-corrected chi connectivity index (χ4v) is 0.842. The van der Waals surface area contributed by atoms with Crippen LogP contribution >= 0.6 is 11.1 Å². The van der Waals surface area contributed by atoms with Gasteiger partial charge >= 0.3 is 0 Å². The zero-order valence-corrected chi connectivity index (χ0v) is 7.46. The van der Waals surface area contributed by atoms with Gasteiger partial charge in [-0.1, -0.05) is 13.3 Å². The van der Waals surface area contributed by atoms with Crippen LogP contribution in [0.3, 0.4) is 0 Å². The van der Waals surface area contributed by atoms with E-state index in [1.165, 1.54) is 12.8 Å². The minimum Gasteiger partial charge on any atom is -0.170 e. The van der Waals surface area contributed by atoms with E-state index >= 15 is 0 Å². The molecule has 0 fully saturated rings. The monoisotopic (exact) mass is 158 g/mol. The molecule has 0 heterocycles. The van der Waals surface area contributed by atoms with Crippen LogP contribution in [-0.2, 0) is 0 Å². The molecule has 0 saturated heterocycles. The maximum atomic E-state index is 5.44. The van der Waals surface area contributed by atoms with Gasteiger partial charge in [-0.25, -0.2) is 0 Å². The van der Waals surface area contributed by atoms with Crippen LogP contribution in [0.4, 0.5) is 0 Å². The van der Waals surface area contributed by atoms with E-state index in [0.29, 0.717) is 8.83 Å². The van der Waals surface area contributed by atoms with E-state index < -0.39 is 0 Å². The number of unbranched alkanes of at least 4 members (excludes halogenated alkanes) is 2. The van der Waals surface area contributed by atoms with Gasteiger partial charge in [-0.3, -0.25) is 0 Å². The smallest absolute Gasteiger partial charge is 0.170 e. The number of rotatable bonds is 3. The van der Waals surface area contributed by atoms with Crippen molar-refractivity contribution in [2.24, 2.45) is 0 Å². The van der Waals surface area contributed by atoms with Gasteiger partial charge in [0.15, 0.2) is 8.83 Å². The van der Waals surface area contributed by atoms with E-state index in [1.807, 2.05) is 0 Å². The molecular weight excluding hydrogens is 148 g/mol. The van der Waals surface area contributed by atoms with Gasteiger partial charge < -0.3 is 0 Å². The van der Waals surface area contributed by atoms with E-state index in [2.05, 4.69) is 18.8 Å². The van der Waals surface area contributed by atoms with Crippen molar-refractivity contribution in [3.8, 4) is 11.8 Å². The van der Waals surface area contributed by atoms with Gasteiger partial charge in [0, 0.05) is 12.5 Å². The lowest BCUT2D eigenvalue weighted by atomic mass is 10.3. The summed E-state index contributed by atoms with van der Waals surface area (Å²) in [6, 6.07) is 0.866. The van der Waals surface area contributed by atoms with Crippen molar-refractivity contribution in [1.82, 2.24) is 0 Å². The molecule has 0 rings (SSSR count). The van der Waals surface area contributed by atoms with E-state index in [4.69, 9.17) is 11.1 Å². The number of halogens is 1. The zero-order valence-electron chi connectivity index (χ0n) is 5.71. The Morgan fingerprint density at radius 3 is 2.78 bits per heavy atom. The first-order valence-electron chi connectivity index (χ1n) is 3.21. The molecule has 50 valence electrons. The van der Waals surface area contributed by atoms with Gasteiger partial charge in [0.05, 0.1) is 0 Å². The van der Waals surface area contributed by atoms with Gasteiger partial charge in [-0.15, -0.1) is 11.8 Å². The van der Waals surface area contributed by atoms with E-state index in [0.717, 1.165) is 12.5 Å². The molecule has 0 nitrogen and oxygen atoms in total. The Morgan fingerprint density at radius 1 is 1.44 bits per heavy atom. The minimum atomic E-state index is 0.468. The van der Waals surface area contributed by atoms with Gasteiger partial charge in [0.1, 0.15) is 0 Å². The summed E-state index contributed by atoms with van der Waals surface area (Å²) in [7, 11) is 0.468. The average molecular weight is 159 g/mol. The van der Waals surface area contributed by atoms with Crippen molar-refractivity contribution in [3.63, 3.8) is 0 Å². The maximum absolute atomic E-state index is 5.44. The molecule has 0 saturated carbocycles. The predicted molar refractivity (Wildman–Crippen MR) is 43.7 cm³/mol. The first kappa shape index (κ1) is 9.07. The Kier molecular flexibility index (Phi) is 8.13. The fraction of sp³-hybridized carbons (Fsp3) is 0.714. The van der Waals surface area contributed by atoms with Crippen LogP contribution in [0.1, 0.15) is 26.2 Å². The van der Waals surface area contributed by atoms with Crippen molar-refractivity contribution in [2.45, 2.75) is 32.2 Å². The molecule has 0 aliphatic heterocycles. The summed E-state index contributed by atoms with van der Waals surface area (Å²) in [6.45, 7) is 2.17. The lowest BCUT2D eigenvalue weighted by Gasteiger charge is -1.82. The Balaban J connectivity index is 2.96. The topological polar surface area (TPSA) is 0 Å². The van der Waals surface area contributed by atoms with E-state index in [-0.39, 0.29) is 0 Å². The second kappa shape index (κ2) is 8.07. The van der Waals surface area contributed by atoms with Crippen LogP contribution in [0.5, 0.6) is 0 Å². The van der Waals surface area contributed by atoms with E-state index in [9.17, 15) is 0 Å². The highest BCUT2D eigenvalue weighted by Crippen LogP contribution is 1.90. The normalized spacial score (nSPS) is 8.22. The Labute approximate surface area is 64.5 Å². The summed E-state index contributed by atoms with van der Waals surface area (Å²) in [5, 5.41) is 0. The summed E-state index contributed by atoms with van der Waals surface area (Å²) in [6.07, 6.45) is 3.49. The van der Waals surface area contributed by atoms with Crippen molar-refractivity contribution < 1.29 is 0 Å². The van der Waals surface area contributed by atoms with Crippen LogP contribution in [-0.4, -0.2) is 8.83 Å². The molecule has 0 aliphatic carbocycles. The summed E-state index contributed by atoms with van der Waals surface area (Å²) in [5.74, 6) is 6.06. The van der Waals surface area contributed by atoms with Crippen LogP contribution in [0, 0.1) is 11.8 Å². The molecule has 0 amide bonds. The third kappa shape index (κ3) is 8.07. The largest absolute Gasteiger partial charge is 0.184 e. The lowest BCUT2D eigenvalue weighted by Crippen LogP contribution is -1.71. The Morgan fingerprint density at radius 2 is 2.22 bits per heavy atom. The van der Waals surface area contributed by atoms with Gasteiger partial charge in [0.2, 0.25) is 0 Å². The lowest BCUT2D eigenvalue weighted by molar-refractivity contribution is 0.828. The van der Waals surface area contributed by atoms with Gasteiger partial charge in [-0.05, 0) is 6.42 Å². The van der Waals surface area contributed by atoms with Crippen LogP contribution in [0.2, 0.25) is 6.04 Å². The molecule has 0 atom stereocenters. The summed E-state index contributed by atoms with van der Waals surface area (Å²) in [4.78, 5) is 0. The minimum absolute atomic E-state index is 0.468. The third-order valence-corrected chi connectivity index (χ3v) is 1.65. The summed E-state index contributed by atoms with van der Waals surface area (Å²) in [5.41, 5.74) is 0. The number of hydrogen-bond donors (Lipinski definition) is 0. The molecule has 2 radical (unpaired) electrons. The first-order valence-corrected chi connectivity index (χ1v) is 5.43. The van der Waals surface area contributed by atoms with Crippen molar-refractivity contribution in [3.05, 3.63) is 0 Å².